The summed E-state index contributed by atoms with van der Waals surface area (Å²) in [7, 11) is 0. The number of fused-ring (bicyclic) bond motifs is 1. The summed E-state index contributed by atoms with van der Waals surface area (Å²) in [5.74, 6) is 0. The molecule has 1 aromatic rings. The second-order valence-electron chi connectivity index (χ2n) is 5.24. The third kappa shape index (κ3) is 3.08. The molecule has 0 saturated heterocycles. The first-order chi connectivity index (χ1) is 8.28. The van der Waals surface area contributed by atoms with Crippen molar-refractivity contribution in [3.63, 3.8) is 0 Å². The number of carbonyl (C=O) groups excluding carboxylic acids is 1. The van der Waals surface area contributed by atoms with E-state index in [0.717, 1.165) is 14.7 Å². The summed E-state index contributed by atoms with van der Waals surface area (Å²) in [6, 6.07) is 0. The average Bonchev–Trinajstić information content (AvgIpc) is 2.52. The average molecular weight is 397 g/mol. The van der Waals surface area contributed by atoms with Gasteiger partial charge in [0, 0.05) is 15.9 Å². The Kier molecular flexibility index (Phi) is 4.09. The first-order valence-electron chi connectivity index (χ1n) is 5.71. The van der Waals surface area contributed by atoms with Gasteiger partial charge in [-0.05, 0) is 64.6 Å². The minimum absolute atomic E-state index is 0.228. The van der Waals surface area contributed by atoms with Gasteiger partial charge in [0.05, 0.1) is 10.3 Å². The Balaban J connectivity index is 2.10. The van der Waals surface area contributed by atoms with Gasteiger partial charge in [-0.1, -0.05) is 0 Å². The summed E-state index contributed by atoms with van der Waals surface area (Å²) >= 11 is 8.77. The summed E-state index contributed by atoms with van der Waals surface area (Å²) in [6.45, 7) is 7.01. The summed E-state index contributed by atoms with van der Waals surface area (Å²) in [5, 5.41) is 0. The zero-order chi connectivity index (χ0) is 13.5. The molecule has 1 aromatic heterocycles. The molecule has 0 radical (unpaired) electrons. The molecule has 0 fully saturated rings. The largest absolute Gasteiger partial charge is 0.444 e. The molecule has 6 heteroatoms. The molecule has 100 valence electrons. The predicted molar refractivity (Wildman–Crippen MR) is 80.1 cm³/mol. The normalized spacial score (nSPS) is 15.5. The molecular weight excluding hydrogens is 382 g/mol. The van der Waals surface area contributed by atoms with Crippen LogP contribution in [0.2, 0.25) is 0 Å². The van der Waals surface area contributed by atoms with Crippen molar-refractivity contribution in [2.45, 2.75) is 39.3 Å². The van der Waals surface area contributed by atoms with E-state index in [1.165, 1.54) is 10.4 Å². The van der Waals surface area contributed by atoms with Crippen LogP contribution in [0.15, 0.2) is 8.26 Å². The Bertz CT molecular complexity index is 479. The van der Waals surface area contributed by atoms with Crippen LogP contribution in [0.1, 0.15) is 31.2 Å². The first-order valence-corrected chi connectivity index (χ1v) is 8.11. The quantitative estimate of drug-likeness (QED) is 0.642. The SMILES string of the molecule is CC(C)(C)OC(=O)N1CCc2c(sc(Br)c2Br)C1. The highest BCUT2D eigenvalue weighted by Crippen LogP contribution is 2.40. The first kappa shape index (κ1) is 14.3. The highest BCUT2D eigenvalue weighted by molar-refractivity contribution is 9.13. The fraction of sp³-hybridized carbons (Fsp3) is 0.583. The number of hydrogen-bond donors (Lipinski definition) is 0. The number of carbonyl (C=O) groups is 1. The lowest BCUT2D eigenvalue weighted by molar-refractivity contribution is 0.0226. The standard InChI is InChI=1S/C12H15Br2NO2S/c1-12(2,3)17-11(16)15-5-4-7-8(6-15)18-10(14)9(7)13/h4-6H2,1-3H3. The summed E-state index contributed by atoms with van der Waals surface area (Å²) < 4.78 is 7.62. The Morgan fingerprint density at radius 1 is 1.39 bits per heavy atom. The molecule has 0 atom stereocenters. The van der Waals surface area contributed by atoms with Crippen molar-refractivity contribution in [3.05, 3.63) is 18.7 Å². The molecule has 2 rings (SSSR count). The summed E-state index contributed by atoms with van der Waals surface area (Å²) in [5.41, 5.74) is 0.875. The highest BCUT2D eigenvalue weighted by atomic mass is 79.9. The van der Waals surface area contributed by atoms with Crippen molar-refractivity contribution in [2.75, 3.05) is 6.54 Å². The number of nitrogens with zero attached hydrogens (tertiary/aromatic N) is 1. The molecule has 1 aliphatic heterocycles. The zero-order valence-electron chi connectivity index (χ0n) is 10.5. The molecule has 0 spiro atoms. The molecule has 0 saturated carbocycles. The number of rotatable bonds is 0. The van der Waals surface area contributed by atoms with Crippen molar-refractivity contribution < 1.29 is 9.53 Å². The van der Waals surface area contributed by atoms with Crippen LogP contribution in [0.3, 0.4) is 0 Å². The van der Waals surface area contributed by atoms with Crippen LogP contribution in [0.5, 0.6) is 0 Å². The van der Waals surface area contributed by atoms with Crippen LogP contribution in [0.4, 0.5) is 4.79 Å². The summed E-state index contributed by atoms with van der Waals surface area (Å²) in [6.07, 6.45) is 0.644. The smallest absolute Gasteiger partial charge is 0.410 e. The van der Waals surface area contributed by atoms with Crippen molar-refractivity contribution in [2.24, 2.45) is 0 Å². The van der Waals surface area contributed by atoms with E-state index in [-0.39, 0.29) is 6.09 Å². The Labute approximate surface area is 128 Å². The van der Waals surface area contributed by atoms with E-state index >= 15 is 0 Å². The number of halogens is 2. The lowest BCUT2D eigenvalue weighted by atomic mass is 10.1. The Morgan fingerprint density at radius 3 is 2.67 bits per heavy atom. The second-order valence-corrected chi connectivity index (χ2v) is 8.46. The minimum Gasteiger partial charge on any atom is -0.444 e. The summed E-state index contributed by atoms with van der Waals surface area (Å²) in [4.78, 5) is 15.0. The van der Waals surface area contributed by atoms with Crippen LogP contribution in [-0.2, 0) is 17.7 Å². The third-order valence-corrected chi connectivity index (χ3v) is 6.16. The fourth-order valence-corrected chi connectivity index (χ4v) is 4.43. The lowest BCUT2D eigenvalue weighted by Crippen LogP contribution is -2.39. The molecule has 0 aromatic carbocycles. The molecule has 0 unspecified atom stereocenters. The van der Waals surface area contributed by atoms with E-state index in [1.807, 2.05) is 20.8 Å². The van der Waals surface area contributed by atoms with E-state index in [0.29, 0.717) is 13.1 Å². The van der Waals surface area contributed by atoms with Crippen molar-refractivity contribution in [1.82, 2.24) is 4.90 Å². The van der Waals surface area contributed by atoms with E-state index in [2.05, 4.69) is 31.9 Å². The predicted octanol–water partition coefficient (Wildman–Crippen LogP) is 4.57. The van der Waals surface area contributed by atoms with Crippen molar-refractivity contribution in [1.29, 1.82) is 0 Å². The fourth-order valence-electron chi connectivity index (χ4n) is 1.81. The molecule has 0 bridgehead atoms. The van der Waals surface area contributed by atoms with Gasteiger partial charge in [0.15, 0.2) is 0 Å². The zero-order valence-corrected chi connectivity index (χ0v) is 14.5. The number of hydrogen-bond acceptors (Lipinski definition) is 3. The van der Waals surface area contributed by atoms with E-state index in [4.69, 9.17) is 4.74 Å². The van der Waals surface area contributed by atoms with Gasteiger partial charge in [-0.25, -0.2) is 4.79 Å². The van der Waals surface area contributed by atoms with Crippen LogP contribution in [0, 0.1) is 0 Å². The number of amides is 1. The van der Waals surface area contributed by atoms with Crippen molar-refractivity contribution >= 4 is 49.3 Å². The van der Waals surface area contributed by atoms with Crippen molar-refractivity contribution in [3.8, 4) is 0 Å². The van der Waals surface area contributed by atoms with Gasteiger partial charge < -0.3 is 9.64 Å². The molecule has 1 aliphatic rings. The minimum atomic E-state index is -0.437. The van der Waals surface area contributed by atoms with Crippen LogP contribution in [0.25, 0.3) is 0 Å². The monoisotopic (exact) mass is 395 g/mol. The molecule has 2 heterocycles. The molecule has 1 amide bonds. The van der Waals surface area contributed by atoms with Crippen LogP contribution < -0.4 is 0 Å². The molecule has 0 aliphatic carbocycles. The molecule has 3 nitrogen and oxygen atoms in total. The Hall–Kier alpha value is -0.0700. The van der Waals surface area contributed by atoms with Gasteiger partial charge in [0.2, 0.25) is 0 Å². The topological polar surface area (TPSA) is 29.5 Å². The van der Waals surface area contributed by atoms with E-state index in [9.17, 15) is 4.79 Å². The maximum absolute atomic E-state index is 12.0. The van der Waals surface area contributed by atoms with Gasteiger partial charge in [-0.2, -0.15) is 0 Å². The Morgan fingerprint density at radius 2 is 2.06 bits per heavy atom. The van der Waals surface area contributed by atoms with Crippen LogP contribution >= 0.6 is 43.2 Å². The maximum Gasteiger partial charge on any atom is 0.410 e. The number of ether oxygens (including phenoxy) is 1. The van der Waals surface area contributed by atoms with Gasteiger partial charge in [0.1, 0.15) is 5.60 Å². The highest BCUT2D eigenvalue weighted by Gasteiger charge is 2.28. The molecule has 18 heavy (non-hydrogen) atoms. The van der Waals surface area contributed by atoms with Gasteiger partial charge in [-0.15, -0.1) is 11.3 Å². The van der Waals surface area contributed by atoms with E-state index < -0.39 is 5.60 Å². The maximum atomic E-state index is 12.0. The van der Waals surface area contributed by atoms with E-state index in [1.54, 1.807) is 16.2 Å². The second kappa shape index (κ2) is 5.13. The lowest BCUT2D eigenvalue weighted by Gasteiger charge is -2.30. The molecule has 0 N–H and O–H groups in total. The third-order valence-electron chi connectivity index (χ3n) is 2.60. The number of thiophene rings is 1. The van der Waals surface area contributed by atoms with Gasteiger partial charge in [0.25, 0.3) is 0 Å². The molecular formula is C12H15Br2NO2S. The van der Waals surface area contributed by atoms with Crippen LogP contribution in [-0.4, -0.2) is 23.1 Å². The van der Waals surface area contributed by atoms with Gasteiger partial charge in [-0.3, -0.25) is 0 Å². The van der Waals surface area contributed by atoms with Gasteiger partial charge >= 0.3 is 6.09 Å².